The van der Waals surface area contributed by atoms with Crippen molar-refractivity contribution in [3.63, 3.8) is 0 Å². The van der Waals surface area contributed by atoms with E-state index in [0.717, 1.165) is 23.1 Å². The van der Waals surface area contributed by atoms with E-state index >= 15 is 0 Å². The van der Waals surface area contributed by atoms with Gasteiger partial charge in [-0.1, -0.05) is 20.8 Å². The molecule has 1 heterocycles. The maximum absolute atomic E-state index is 12.0. The first-order valence-corrected chi connectivity index (χ1v) is 7.76. The highest BCUT2D eigenvalue weighted by molar-refractivity contribution is 7.89. The largest absolute Gasteiger partial charge is 0.240 e. The number of aryl methyl sites for hydroxylation is 1. The van der Waals surface area contributed by atoms with Crippen molar-refractivity contribution in [1.82, 2.24) is 4.72 Å². The Morgan fingerprint density at radius 1 is 1.22 bits per heavy atom. The van der Waals surface area contributed by atoms with Gasteiger partial charge < -0.3 is 0 Å². The zero-order chi connectivity index (χ0) is 13.7. The van der Waals surface area contributed by atoms with E-state index in [-0.39, 0.29) is 5.41 Å². The number of hydrogen-bond acceptors (Lipinski definition) is 2. The fourth-order valence-corrected chi connectivity index (χ4v) is 4.52. The highest BCUT2D eigenvalue weighted by Gasteiger charge is 2.29. The van der Waals surface area contributed by atoms with Crippen LogP contribution in [0.3, 0.4) is 0 Å². The molecule has 1 aromatic rings. The number of rotatable bonds is 0. The summed E-state index contributed by atoms with van der Waals surface area (Å²) in [7, 11) is -3.30. The topological polar surface area (TPSA) is 46.2 Å². The van der Waals surface area contributed by atoms with Gasteiger partial charge >= 0.3 is 0 Å². The minimum atomic E-state index is -3.30. The van der Waals surface area contributed by atoms with E-state index in [1.165, 1.54) is 5.56 Å². The highest BCUT2D eigenvalue weighted by atomic mass is 32.2. The van der Waals surface area contributed by atoms with Crippen LogP contribution < -0.4 is 4.72 Å². The van der Waals surface area contributed by atoms with E-state index in [1.54, 1.807) is 0 Å². The molecule has 1 aliphatic heterocycles. The molecule has 0 saturated carbocycles. The molecule has 2 rings (SSSR count). The molecule has 0 saturated heterocycles. The molecule has 0 unspecified atom stereocenters. The molecule has 0 aliphatic carbocycles. The molecule has 1 aliphatic rings. The molecule has 4 heteroatoms. The second kappa shape index (κ2) is 4.07. The van der Waals surface area contributed by atoms with Crippen molar-refractivity contribution in [1.29, 1.82) is 0 Å². The third-order valence-corrected chi connectivity index (χ3v) is 5.10. The van der Waals surface area contributed by atoms with Crippen molar-refractivity contribution in [3.8, 4) is 0 Å². The standard InChI is InChI=1S/C14H21NO2S/c1-9-8-12-11(6-7-15-18(12,16)17)10(2)13(9)14(3,4)5/h8,15H,6-7H2,1-5H3. The van der Waals surface area contributed by atoms with Gasteiger partial charge in [-0.05, 0) is 54.0 Å². The average Bonchev–Trinajstić information content (AvgIpc) is 2.17. The molecular formula is C14H21NO2S. The van der Waals surface area contributed by atoms with Gasteiger partial charge in [0.2, 0.25) is 10.0 Å². The van der Waals surface area contributed by atoms with Crippen LogP contribution in [0.2, 0.25) is 0 Å². The third kappa shape index (κ3) is 2.08. The van der Waals surface area contributed by atoms with Gasteiger partial charge in [-0.2, -0.15) is 0 Å². The van der Waals surface area contributed by atoms with Crippen LogP contribution in [0.4, 0.5) is 0 Å². The predicted molar refractivity (Wildman–Crippen MR) is 73.5 cm³/mol. The Hall–Kier alpha value is -0.870. The van der Waals surface area contributed by atoms with Crippen molar-refractivity contribution >= 4 is 10.0 Å². The first kappa shape index (κ1) is 13.6. The lowest BCUT2D eigenvalue weighted by Gasteiger charge is -2.29. The molecular weight excluding hydrogens is 246 g/mol. The molecule has 0 aromatic heterocycles. The van der Waals surface area contributed by atoms with E-state index in [0.29, 0.717) is 11.4 Å². The second-order valence-electron chi connectivity index (χ2n) is 6.07. The predicted octanol–water partition coefficient (Wildman–Crippen LogP) is 2.44. The fourth-order valence-electron chi connectivity index (χ4n) is 3.08. The van der Waals surface area contributed by atoms with Gasteiger partial charge in [0.25, 0.3) is 0 Å². The van der Waals surface area contributed by atoms with E-state index in [1.807, 2.05) is 19.9 Å². The molecule has 1 N–H and O–H groups in total. The van der Waals surface area contributed by atoms with E-state index in [9.17, 15) is 8.42 Å². The molecule has 1 aromatic carbocycles. The van der Waals surface area contributed by atoms with Crippen LogP contribution >= 0.6 is 0 Å². The molecule has 0 spiro atoms. The van der Waals surface area contributed by atoms with Gasteiger partial charge in [0.1, 0.15) is 0 Å². The lowest BCUT2D eigenvalue weighted by molar-refractivity contribution is 0.563. The van der Waals surface area contributed by atoms with Gasteiger partial charge in [0.05, 0.1) is 4.90 Å². The molecule has 0 fully saturated rings. The monoisotopic (exact) mass is 267 g/mol. The van der Waals surface area contributed by atoms with Crippen LogP contribution in [0, 0.1) is 13.8 Å². The molecule has 0 radical (unpaired) electrons. The van der Waals surface area contributed by atoms with Gasteiger partial charge in [-0.3, -0.25) is 0 Å². The van der Waals surface area contributed by atoms with Crippen LogP contribution in [0.15, 0.2) is 11.0 Å². The average molecular weight is 267 g/mol. The minimum Gasteiger partial charge on any atom is -0.211 e. The van der Waals surface area contributed by atoms with Gasteiger partial charge in [-0.15, -0.1) is 0 Å². The minimum absolute atomic E-state index is 0.0395. The van der Waals surface area contributed by atoms with Crippen LogP contribution in [0.25, 0.3) is 0 Å². The molecule has 3 nitrogen and oxygen atoms in total. The van der Waals surface area contributed by atoms with Gasteiger partial charge in [0.15, 0.2) is 0 Å². The molecule has 100 valence electrons. The lowest BCUT2D eigenvalue weighted by atomic mass is 9.79. The third-order valence-electron chi connectivity index (χ3n) is 3.57. The van der Waals surface area contributed by atoms with Crippen LogP contribution in [0.1, 0.15) is 43.0 Å². The smallest absolute Gasteiger partial charge is 0.211 e. The summed E-state index contributed by atoms with van der Waals surface area (Å²) in [6.45, 7) is 11.1. The summed E-state index contributed by atoms with van der Waals surface area (Å²) in [5.41, 5.74) is 4.51. The quantitative estimate of drug-likeness (QED) is 0.784. The summed E-state index contributed by atoms with van der Waals surface area (Å²) in [6.07, 6.45) is 0.782. The van der Waals surface area contributed by atoms with Crippen LogP contribution in [-0.2, 0) is 21.9 Å². The summed E-state index contributed by atoms with van der Waals surface area (Å²) in [6, 6.07) is 1.82. The van der Waals surface area contributed by atoms with Gasteiger partial charge in [-0.25, -0.2) is 13.1 Å². The summed E-state index contributed by atoms with van der Waals surface area (Å²) in [5, 5.41) is 0. The summed E-state index contributed by atoms with van der Waals surface area (Å²) >= 11 is 0. The first-order valence-electron chi connectivity index (χ1n) is 6.28. The number of hydrogen-bond donors (Lipinski definition) is 1. The molecule has 0 atom stereocenters. The summed E-state index contributed by atoms with van der Waals surface area (Å²) < 4.78 is 26.7. The number of fused-ring (bicyclic) bond motifs is 1. The van der Waals surface area contributed by atoms with Crippen LogP contribution in [0.5, 0.6) is 0 Å². The number of nitrogens with one attached hydrogen (secondary N) is 1. The number of sulfonamides is 1. The van der Waals surface area contributed by atoms with Crippen molar-refractivity contribution in [3.05, 3.63) is 28.3 Å². The lowest BCUT2D eigenvalue weighted by Crippen LogP contribution is -2.33. The zero-order valence-corrected chi connectivity index (χ0v) is 12.5. The van der Waals surface area contributed by atoms with Crippen molar-refractivity contribution in [2.75, 3.05) is 6.54 Å². The Bertz CT molecular complexity index is 595. The highest BCUT2D eigenvalue weighted by Crippen LogP contribution is 2.35. The maximum atomic E-state index is 12.0. The zero-order valence-electron chi connectivity index (χ0n) is 11.7. The van der Waals surface area contributed by atoms with E-state index < -0.39 is 10.0 Å². The van der Waals surface area contributed by atoms with Gasteiger partial charge in [0, 0.05) is 6.54 Å². The maximum Gasteiger partial charge on any atom is 0.240 e. The SMILES string of the molecule is Cc1cc2c(c(C)c1C(C)(C)C)CCNS2(=O)=O. The molecule has 0 amide bonds. The van der Waals surface area contributed by atoms with Crippen molar-refractivity contribution in [2.45, 2.75) is 51.3 Å². The number of benzene rings is 1. The first-order chi connectivity index (χ1) is 8.14. The Balaban J connectivity index is 2.80. The second-order valence-corrected chi connectivity index (χ2v) is 7.80. The molecule has 18 heavy (non-hydrogen) atoms. The molecule has 0 bridgehead atoms. The Labute approximate surface area is 110 Å². The Morgan fingerprint density at radius 2 is 1.83 bits per heavy atom. The van der Waals surface area contributed by atoms with Crippen molar-refractivity contribution in [2.24, 2.45) is 0 Å². The van der Waals surface area contributed by atoms with E-state index in [2.05, 4.69) is 25.5 Å². The Kier molecular flexibility index (Phi) is 3.06. The van der Waals surface area contributed by atoms with E-state index in [4.69, 9.17) is 0 Å². The van der Waals surface area contributed by atoms with Crippen LogP contribution in [-0.4, -0.2) is 15.0 Å². The Morgan fingerprint density at radius 3 is 2.39 bits per heavy atom. The summed E-state index contributed by atoms with van der Waals surface area (Å²) in [5.74, 6) is 0. The normalized spacial score (nSPS) is 18.5. The fraction of sp³-hybridized carbons (Fsp3) is 0.571. The van der Waals surface area contributed by atoms with Crippen molar-refractivity contribution < 1.29 is 8.42 Å². The summed E-state index contributed by atoms with van der Waals surface area (Å²) in [4.78, 5) is 0.469.